The minimum Gasteiger partial charge on any atom is -0.497 e. The highest BCUT2D eigenvalue weighted by molar-refractivity contribution is 6.07. The summed E-state index contributed by atoms with van der Waals surface area (Å²) in [5.74, 6) is 0.452. The number of nitrogens with one attached hydrogen (secondary N) is 2. The van der Waals surface area contributed by atoms with Gasteiger partial charge in [-0.3, -0.25) is 9.59 Å². The number of hydrogen-bond acceptors (Lipinski definition) is 5. The van der Waals surface area contributed by atoms with Gasteiger partial charge in [-0.1, -0.05) is 12.1 Å². The Morgan fingerprint density at radius 3 is 2.04 bits per heavy atom. The highest BCUT2D eigenvalue weighted by Crippen LogP contribution is 2.25. The van der Waals surface area contributed by atoms with E-state index in [0.29, 0.717) is 28.4 Å². The number of para-hydroxylation sites is 2. The SMILES string of the molecule is COc1cc(OC)cc(C(=O)Nc2ccccc2NC(=O)CCN)c1. The molecule has 132 valence electrons. The van der Waals surface area contributed by atoms with Gasteiger partial charge in [0.15, 0.2) is 0 Å². The lowest BCUT2D eigenvalue weighted by atomic mass is 10.1. The summed E-state index contributed by atoms with van der Waals surface area (Å²) in [6.45, 7) is 0.254. The van der Waals surface area contributed by atoms with Gasteiger partial charge in [0.05, 0.1) is 25.6 Å². The predicted molar refractivity (Wildman–Crippen MR) is 96.2 cm³/mol. The first kappa shape index (κ1) is 18.3. The van der Waals surface area contributed by atoms with Crippen LogP contribution in [0.2, 0.25) is 0 Å². The molecular weight excluding hydrogens is 322 g/mol. The van der Waals surface area contributed by atoms with Crippen molar-refractivity contribution >= 4 is 23.2 Å². The molecule has 2 amide bonds. The van der Waals surface area contributed by atoms with Crippen molar-refractivity contribution in [2.75, 3.05) is 31.4 Å². The van der Waals surface area contributed by atoms with Gasteiger partial charge in [-0.05, 0) is 24.3 Å². The summed E-state index contributed by atoms with van der Waals surface area (Å²) in [5.41, 5.74) is 6.74. The average Bonchev–Trinajstić information content (AvgIpc) is 2.63. The van der Waals surface area contributed by atoms with Crippen molar-refractivity contribution in [2.24, 2.45) is 5.73 Å². The van der Waals surface area contributed by atoms with Gasteiger partial charge in [-0.15, -0.1) is 0 Å². The molecule has 0 spiro atoms. The Balaban J connectivity index is 2.22. The largest absolute Gasteiger partial charge is 0.497 e. The summed E-state index contributed by atoms with van der Waals surface area (Å²) >= 11 is 0. The number of rotatable bonds is 7. The second kappa shape index (κ2) is 8.70. The van der Waals surface area contributed by atoms with Gasteiger partial charge in [0.2, 0.25) is 5.91 Å². The van der Waals surface area contributed by atoms with Crippen LogP contribution >= 0.6 is 0 Å². The summed E-state index contributed by atoms with van der Waals surface area (Å²) in [5, 5.41) is 5.51. The van der Waals surface area contributed by atoms with E-state index < -0.39 is 0 Å². The first-order chi connectivity index (χ1) is 12.1. The van der Waals surface area contributed by atoms with Crippen LogP contribution in [0, 0.1) is 0 Å². The van der Waals surface area contributed by atoms with Crippen molar-refractivity contribution in [1.29, 1.82) is 0 Å². The Kier molecular flexibility index (Phi) is 6.36. The first-order valence-electron chi connectivity index (χ1n) is 7.70. The molecule has 0 heterocycles. The number of nitrogens with two attached hydrogens (primary N) is 1. The average molecular weight is 343 g/mol. The lowest BCUT2D eigenvalue weighted by molar-refractivity contribution is -0.116. The van der Waals surface area contributed by atoms with Crippen molar-refractivity contribution < 1.29 is 19.1 Å². The third-order valence-electron chi connectivity index (χ3n) is 3.43. The van der Waals surface area contributed by atoms with E-state index in [-0.39, 0.29) is 24.8 Å². The van der Waals surface area contributed by atoms with Crippen LogP contribution in [-0.2, 0) is 4.79 Å². The van der Waals surface area contributed by atoms with Crippen LogP contribution in [0.4, 0.5) is 11.4 Å². The van der Waals surface area contributed by atoms with Crippen LogP contribution in [-0.4, -0.2) is 32.6 Å². The summed E-state index contributed by atoms with van der Waals surface area (Å²) in [6, 6.07) is 11.8. The maximum Gasteiger partial charge on any atom is 0.255 e. The molecule has 2 rings (SSSR count). The molecule has 0 saturated carbocycles. The zero-order valence-corrected chi connectivity index (χ0v) is 14.2. The minimum absolute atomic E-state index is 0.204. The number of carbonyl (C=O) groups is 2. The fraction of sp³-hybridized carbons (Fsp3) is 0.222. The van der Waals surface area contributed by atoms with E-state index in [1.54, 1.807) is 42.5 Å². The lowest BCUT2D eigenvalue weighted by Crippen LogP contribution is -2.18. The highest BCUT2D eigenvalue weighted by Gasteiger charge is 2.13. The molecular formula is C18H21N3O4. The first-order valence-corrected chi connectivity index (χ1v) is 7.70. The number of benzene rings is 2. The van der Waals surface area contributed by atoms with Crippen molar-refractivity contribution in [3.63, 3.8) is 0 Å². The van der Waals surface area contributed by atoms with Crippen molar-refractivity contribution in [3.05, 3.63) is 48.0 Å². The Bertz CT molecular complexity index is 739. The fourth-order valence-corrected chi connectivity index (χ4v) is 2.18. The summed E-state index contributed by atoms with van der Waals surface area (Å²) in [7, 11) is 3.03. The normalized spacial score (nSPS) is 10.0. The molecule has 0 aromatic heterocycles. The molecule has 7 heteroatoms. The topological polar surface area (TPSA) is 103 Å². The van der Waals surface area contributed by atoms with Crippen molar-refractivity contribution in [3.8, 4) is 11.5 Å². The molecule has 0 aliphatic heterocycles. The third-order valence-corrected chi connectivity index (χ3v) is 3.43. The van der Waals surface area contributed by atoms with E-state index in [9.17, 15) is 9.59 Å². The molecule has 0 aliphatic carbocycles. The van der Waals surface area contributed by atoms with Gasteiger partial charge >= 0.3 is 0 Å². The number of hydrogen-bond donors (Lipinski definition) is 3. The van der Waals surface area contributed by atoms with E-state index >= 15 is 0 Å². The molecule has 0 fully saturated rings. The van der Waals surface area contributed by atoms with Crippen LogP contribution in [0.15, 0.2) is 42.5 Å². The van der Waals surface area contributed by atoms with Gasteiger partial charge in [0.1, 0.15) is 11.5 Å². The number of anilines is 2. The minimum atomic E-state index is -0.349. The maximum atomic E-state index is 12.6. The molecule has 2 aromatic rings. The molecule has 25 heavy (non-hydrogen) atoms. The van der Waals surface area contributed by atoms with Crippen molar-refractivity contribution in [2.45, 2.75) is 6.42 Å². The van der Waals surface area contributed by atoms with Crippen molar-refractivity contribution in [1.82, 2.24) is 0 Å². The maximum absolute atomic E-state index is 12.6. The molecule has 7 nitrogen and oxygen atoms in total. The van der Waals surface area contributed by atoms with Gasteiger partial charge in [0, 0.05) is 24.6 Å². The van der Waals surface area contributed by atoms with Gasteiger partial charge in [-0.25, -0.2) is 0 Å². The van der Waals surface area contributed by atoms with Crippen LogP contribution in [0.5, 0.6) is 11.5 Å². The third kappa shape index (κ3) is 4.95. The smallest absolute Gasteiger partial charge is 0.255 e. The van der Waals surface area contributed by atoms with E-state index in [1.165, 1.54) is 14.2 Å². The Morgan fingerprint density at radius 2 is 1.52 bits per heavy atom. The Morgan fingerprint density at radius 1 is 0.960 bits per heavy atom. The Labute approximate surface area is 146 Å². The number of amides is 2. The molecule has 0 atom stereocenters. The molecule has 4 N–H and O–H groups in total. The number of methoxy groups -OCH3 is 2. The standard InChI is InChI=1S/C18H21N3O4/c1-24-13-9-12(10-14(11-13)25-2)18(23)21-16-6-4-3-5-15(16)20-17(22)7-8-19/h3-6,9-11H,7-8,19H2,1-2H3,(H,20,22)(H,21,23). The predicted octanol–water partition coefficient (Wildman–Crippen LogP) is 2.24. The van der Waals surface area contributed by atoms with Crippen LogP contribution in [0.25, 0.3) is 0 Å². The highest BCUT2D eigenvalue weighted by atomic mass is 16.5. The molecule has 0 saturated heterocycles. The van der Waals surface area contributed by atoms with Crippen LogP contribution in [0.3, 0.4) is 0 Å². The Hall–Kier alpha value is -3.06. The molecule has 0 radical (unpaired) electrons. The van der Waals surface area contributed by atoms with E-state index in [4.69, 9.17) is 15.2 Å². The second-order valence-corrected chi connectivity index (χ2v) is 5.19. The summed E-state index contributed by atoms with van der Waals surface area (Å²) < 4.78 is 10.3. The quantitative estimate of drug-likeness (QED) is 0.715. The number of ether oxygens (including phenoxy) is 2. The zero-order chi connectivity index (χ0) is 18.2. The molecule has 0 unspecified atom stereocenters. The van der Waals surface area contributed by atoms with Crippen LogP contribution in [0.1, 0.15) is 16.8 Å². The van der Waals surface area contributed by atoms with E-state index in [0.717, 1.165) is 0 Å². The second-order valence-electron chi connectivity index (χ2n) is 5.19. The molecule has 2 aromatic carbocycles. The lowest BCUT2D eigenvalue weighted by Gasteiger charge is -2.13. The number of carbonyl (C=O) groups excluding carboxylic acids is 2. The van der Waals surface area contributed by atoms with Gasteiger partial charge in [0.25, 0.3) is 5.91 Å². The zero-order valence-electron chi connectivity index (χ0n) is 14.2. The molecule has 0 bridgehead atoms. The summed E-state index contributed by atoms with van der Waals surface area (Å²) in [4.78, 5) is 24.3. The fourth-order valence-electron chi connectivity index (χ4n) is 2.18. The van der Waals surface area contributed by atoms with E-state index in [1.807, 2.05) is 0 Å². The molecule has 0 aliphatic rings. The van der Waals surface area contributed by atoms with E-state index in [2.05, 4.69) is 10.6 Å². The monoisotopic (exact) mass is 343 g/mol. The summed E-state index contributed by atoms with van der Waals surface area (Å²) in [6.07, 6.45) is 0.204. The van der Waals surface area contributed by atoms with Gasteiger partial charge < -0.3 is 25.8 Å². The van der Waals surface area contributed by atoms with Gasteiger partial charge in [-0.2, -0.15) is 0 Å². The van der Waals surface area contributed by atoms with Crippen LogP contribution < -0.4 is 25.8 Å².